The molecule has 0 aromatic heterocycles. The van der Waals surface area contributed by atoms with Gasteiger partial charge in [0.05, 0.1) is 12.5 Å². The highest BCUT2D eigenvalue weighted by Gasteiger charge is 2.53. The zero-order chi connectivity index (χ0) is 20.4. The van der Waals surface area contributed by atoms with Crippen LogP contribution in [-0.2, 0) is 16.0 Å². The van der Waals surface area contributed by atoms with Gasteiger partial charge >= 0.3 is 6.03 Å². The monoisotopic (exact) mass is 400 g/mol. The second kappa shape index (κ2) is 7.93. The van der Waals surface area contributed by atoms with Crippen LogP contribution >= 0.6 is 0 Å². The second-order valence-electron chi connectivity index (χ2n) is 8.26. The average molecular weight is 400 g/mol. The Labute approximate surface area is 170 Å². The quantitative estimate of drug-likeness (QED) is 0.764. The van der Waals surface area contributed by atoms with Crippen molar-refractivity contribution in [2.75, 3.05) is 39.8 Å². The van der Waals surface area contributed by atoms with Gasteiger partial charge in [0.1, 0.15) is 11.8 Å². The van der Waals surface area contributed by atoms with Crippen molar-refractivity contribution in [3.63, 3.8) is 0 Å². The molecule has 3 aliphatic heterocycles. The molecule has 1 aromatic carbocycles. The van der Waals surface area contributed by atoms with Crippen LogP contribution < -0.4 is 15.4 Å². The molecule has 4 amide bonds. The molecule has 3 aliphatic rings. The summed E-state index contributed by atoms with van der Waals surface area (Å²) in [6.07, 6.45) is 3.79. The highest BCUT2D eigenvalue weighted by Crippen LogP contribution is 2.38. The maximum Gasteiger partial charge on any atom is 0.315 e. The summed E-state index contributed by atoms with van der Waals surface area (Å²) in [6, 6.07) is 6.89. The summed E-state index contributed by atoms with van der Waals surface area (Å²) in [4.78, 5) is 41.2. The van der Waals surface area contributed by atoms with E-state index < -0.39 is 11.5 Å². The lowest BCUT2D eigenvalue weighted by atomic mass is 9.72. The van der Waals surface area contributed by atoms with Crippen molar-refractivity contribution in [2.45, 2.75) is 31.7 Å². The van der Waals surface area contributed by atoms with Gasteiger partial charge in [-0.05, 0) is 43.4 Å². The third-order valence-electron chi connectivity index (χ3n) is 6.14. The number of benzene rings is 1. The first-order valence-electron chi connectivity index (χ1n) is 10.3. The molecule has 3 heterocycles. The minimum Gasteiger partial charge on any atom is -0.497 e. The van der Waals surface area contributed by atoms with Crippen LogP contribution in [0, 0.1) is 5.41 Å². The highest BCUT2D eigenvalue weighted by atomic mass is 16.5. The van der Waals surface area contributed by atoms with E-state index in [4.69, 9.17) is 4.74 Å². The first-order chi connectivity index (χ1) is 14.0. The number of piperidine rings is 1. The molecule has 8 heteroatoms. The summed E-state index contributed by atoms with van der Waals surface area (Å²) in [5.74, 6) is 0.767. The van der Waals surface area contributed by atoms with Crippen LogP contribution in [0.1, 0.15) is 24.8 Å². The molecule has 8 nitrogen and oxygen atoms in total. The van der Waals surface area contributed by atoms with Crippen LogP contribution in [0.2, 0.25) is 0 Å². The van der Waals surface area contributed by atoms with E-state index in [-0.39, 0.29) is 24.4 Å². The zero-order valence-electron chi connectivity index (χ0n) is 16.8. The molecule has 3 fully saturated rings. The number of urea groups is 1. The minimum atomic E-state index is -0.616. The van der Waals surface area contributed by atoms with Crippen LogP contribution in [0.25, 0.3) is 0 Å². The van der Waals surface area contributed by atoms with Gasteiger partial charge in [0.2, 0.25) is 11.8 Å². The number of methoxy groups -OCH3 is 1. The maximum absolute atomic E-state index is 13.5. The van der Waals surface area contributed by atoms with E-state index in [0.29, 0.717) is 19.5 Å². The predicted molar refractivity (Wildman–Crippen MR) is 106 cm³/mol. The number of amides is 4. The van der Waals surface area contributed by atoms with E-state index in [1.807, 2.05) is 29.2 Å². The molecule has 1 aromatic rings. The molecule has 0 aliphatic carbocycles. The van der Waals surface area contributed by atoms with Crippen molar-refractivity contribution >= 4 is 17.8 Å². The van der Waals surface area contributed by atoms with Crippen molar-refractivity contribution < 1.29 is 19.1 Å². The van der Waals surface area contributed by atoms with Crippen molar-refractivity contribution in [3.8, 4) is 5.75 Å². The SMILES string of the molecule is COc1cccc(CC2(C(=O)N3CCCCC3)CN(C(=O)C3CNC(=O)N3)C2)c1. The Kier molecular flexibility index (Phi) is 5.34. The third-order valence-corrected chi connectivity index (χ3v) is 6.14. The van der Waals surface area contributed by atoms with Crippen molar-refractivity contribution in [3.05, 3.63) is 29.8 Å². The Morgan fingerprint density at radius 3 is 2.59 bits per heavy atom. The fourth-order valence-corrected chi connectivity index (χ4v) is 4.59. The Morgan fingerprint density at radius 1 is 1.17 bits per heavy atom. The summed E-state index contributed by atoms with van der Waals surface area (Å²) in [7, 11) is 1.63. The van der Waals surface area contributed by atoms with Gasteiger partial charge in [0.25, 0.3) is 0 Å². The largest absolute Gasteiger partial charge is 0.497 e. The fourth-order valence-electron chi connectivity index (χ4n) is 4.59. The second-order valence-corrected chi connectivity index (χ2v) is 8.26. The van der Waals surface area contributed by atoms with Gasteiger partial charge in [-0.1, -0.05) is 12.1 Å². The predicted octanol–water partition coefficient (Wildman–Crippen LogP) is 0.760. The summed E-state index contributed by atoms with van der Waals surface area (Å²) in [5.41, 5.74) is 0.410. The van der Waals surface area contributed by atoms with Crippen LogP contribution in [0.15, 0.2) is 24.3 Å². The van der Waals surface area contributed by atoms with Crippen molar-refractivity contribution in [2.24, 2.45) is 5.41 Å². The summed E-state index contributed by atoms with van der Waals surface area (Å²) in [6.45, 7) is 2.62. The smallest absolute Gasteiger partial charge is 0.315 e. The molecular weight excluding hydrogens is 372 g/mol. The van der Waals surface area contributed by atoms with Crippen LogP contribution in [0.3, 0.4) is 0 Å². The molecule has 29 heavy (non-hydrogen) atoms. The average Bonchev–Trinajstić information content (AvgIpc) is 3.16. The summed E-state index contributed by atoms with van der Waals surface area (Å²) >= 11 is 0. The number of hydrogen-bond donors (Lipinski definition) is 2. The van der Waals surface area contributed by atoms with E-state index in [1.54, 1.807) is 12.0 Å². The molecule has 0 saturated carbocycles. The van der Waals surface area contributed by atoms with Crippen LogP contribution in [-0.4, -0.2) is 73.5 Å². The lowest BCUT2D eigenvalue weighted by Gasteiger charge is -2.51. The minimum absolute atomic E-state index is 0.129. The molecule has 0 radical (unpaired) electrons. The van der Waals surface area contributed by atoms with Gasteiger partial charge in [-0.2, -0.15) is 0 Å². The van der Waals surface area contributed by atoms with Crippen LogP contribution in [0.4, 0.5) is 4.79 Å². The number of ether oxygens (including phenoxy) is 1. The summed E-state index contributed by atoms with van der Waals surface area (Å²) in [5, 5.41) is 5.25. The summed E-state index contributed by atoms with van der Waals surface area (Å²) < 4.78 is 5.33. The molecule has 3 saturated heterocycles. The highest BCUT2D eigenvalue weighted by molar-refractivity contribution is 5.93. The van der Waals surface area contributed by atoms with Crippen LogP contribution in [0.5, 0.6) is 5.75 Å². The lowest BCUT2D eigenvalue weighted by molar-refractivity contribution is -0.162. The molecular formula is C21H28N4O4. The van der Waals surface area contributed by atoms with Crippen molar-refractivity contribution in [1.82, 2.24) is 20.4 Å². The number of rotatable bonds is 5. The van der Waals surface area contributed by atoms with Gasteiger partial charge in [-0.3, -0.25) is 9.59 Å². The van der Waals surface area contributed by atoms with E-state index in [1.165, 1.54) is 0 Å². The van der Waals surface area contributed by atoms with E-state index in [0.717, 1.165) is 43.7 Å². The van der Waals surface area contributed by atoms with Gasteiger partial charge in [-0.15, -0.1) is 0 Å². The number of carbonyl (C=O) groups excluding carboxylic acids is 3. The molecule has 156 valence electrons. The third kappa shape index (κ3) is 3.88. The molecule has 0 bridgehead atoms. The normalized spacial score (nSPS) is 23.1. The van der Waals surface area contributed by atoms with Gasteiger partial charge in [-0.25, -0.2) is 4.79 Å². The van der Waals surface area contributed by atoms with E-state index >= 15 is 0 Å². The van der Waals surface area contributed by atoms with Gasteiger partial charge in [0.15, 0.2) is 0 Å². The number of nitrogens with zero attached hydrogens (tertiary/aromatic N) is 2. The molecule has 2 N–H and O–H groups in total. The number of carbonyl (C=O) groups is 3. The number of hydrogen-bond acceptors (Lipinski definition) is 4. The van der Waals surface area contributed by atoms with E-state index in [2.05, 4.69) is 10.6 Å². The molecule has 1 atom stereocenters. The Morgan fingerprint density at radius 2 is 1.93 bits per heavy atom. The Bertz CT molecular complexity index is 800. The molecule has 4 rings (SSSR count). The Hall–Kier alpha value is -2.77. The van der Waals surface area contributed by atoms with Crippen molar-refractivity contribution in [1.29, 1.82) is 0 Å². The van der Waals surface area contributed by atoms with Gasteiger partial charge in [0, 0.05) is 32.7 Å². The zero-order valence-corrected chi connectivity index (χ0v) is 16.8. The molecule has 1 unspecified atom stereocenters. The van der Waals surface area contributed by atoms with E-state index in [9.17, 15) is 14.4 Å². The number of likely N-dealkylation sites (tertiary alicyclic amines) is 2. The van der Waals surface area contributed by atoms with Gasteiger partial charge < -0.3 is 25.2 Å². The maximum atomic E-state index is 13.5. The standard InChI is InChI=1S/C21H28N4O4/c1-29-16-7-5-6-15(10-16)11-21(19(27)24-8-3-2-4-9-24)13-25(14-21)18(26)17-12-22-20(28)23-17/h5-7,10,17H,2-4,8-9,11-14H2,1H3,(H2,22,23,28). The first-order valence-corrected chi connectivity index (χ1v) is 10.3. The Balaban J connectivity index is 1.51. The topological polar surface area (TPSA) is 91.0 Å². The fraction of sp³-hybridized carbons (Fsp3) is 0.571. The molecule has 0 spiro atoms. The lowest BCUT2D eigenvalue weighted by Crippen LogP contribution is -2.68. The number of nitrogens with one attached hydrogen (secondary N) is 2. The first kappa shape index (κ1) is 19.5.